The van der Waals surface area contributed by atoms with Crippen LogP contribution in [0.2, 0.25) is 0 Å². The van der Waals surface area contributed by atoms with Crippen molar-refractivity contribution >= 4 is 52.9 Å². The minimum Gasteiger partial charge on any atom is -0.772 e. The van der Waals surface area contributed by atoms with Gasteiger partial charge in [-0.2, -0.15) is 4.98 Å². The molecule has 1 unspecified atom stereocenters. The monoisotopic (exact) mass is 662 g/mol. The molecule has 3 aromatic rings. The molecule has 0 fully saturated rings. The number of amides is 1. The van der Waals surface area contributed by atoms with Gasteiger partial charge in [-0.25, -0.2) is 14.4 Å². The molecule has 0 aliphatic carbocycles. The van der Waals surface area contributed by atoms with Crippen LogP contribution in [0.25, 0.3) is 0 Å². The van der Waals surface area contributed by atoms with Gasteiger partial charge < -0.3 is 34.5 Å². The molecular formula is C27H38FN6NaO7P2. The van der Waals surface area contributed by atoms with Crippen molar-refractivity contribution in [1.82, 2.24) is 15.0 Å². The molecule has 0 saturated heterocycles. The number of methoxy groups -OCH3 is 3. The van der Waals surface area contributed by atoms with Crippen LogP contribution in [0.3, 0.4) is 0 Å². The molecule has 0 spiro atoms. The molecule has 44 heavy (non-hydrogen) atoms. The third kappa shape index (κ3) is 10.4. The fourth-order valence-corrected chi connectivity index (χ4v) is 3.94. The Bertz CT molecular complexity index is 1350. The summed E-state index contributed by atoms with van der Waals surface area (Å²) in [6.07, 6.45) is 1.35. The quantitative estimate of drug-likeness (QED) is 0.268. The molecule has 1 aromatic carbocycles. The van der Waals surface area contributed by atoms with Crippen molar-refractivity contribution in [3.63, 3.8) is 0 Å². The standard InChI is InChI=1S/C23H26FN6O5P.2C2H6.Na.HO2P/c1-23(2)21(31)30(11-36)20-14(35-23)6-7-17(28-20)27-19-13(24)10-25-22(29-19)26-12-8-15(32-3)18(34-5)16(9-12)33-4;2*1-2;;1-3-2/h6-10H,11,36H2,1-5H3,(H2,25,26,27,28,29);2*1-2H3;;(H,1,2)/q;;;+1;/p-1. The smallest absolute Gasteiger partial charge is 0.772 e. The minimum atomic E-state index is -1.08. The van der Waals surface area contributed by atoms with E-state index in [9.17, 15) is 9.18 Å². The molecule has 0 radical (unpaired) electrons. The zero-order valence-corrected chi connectivity index (χ0v) is 30.7. The van der Waals surface area contributed by atoms with Gasteiger partial charge in [-0.05, 0) is 26.0 Å². The fourth-order valence-electron chi connectivity index (χ4n) is 3.61. The Kier molecular flexibility index (Phi) is 18.9. The third-order valence-electron chi connectivity index (χ3n) is 5.31. The van der Waals surface area contributed by atoms with E-state index in [0.717, 1.165) is 6.20 Å². The van der Waals surface area contributed by atoms with Crippen molar-refractivity contribution in [2.24, 2.45) is 0 Å². The maximum Gasteiger partial charge on any atom is 1.00 e. The van der Waals surface area contributed by atoms with Gasteiger partial charge in [-0.1, -0.05) is 27.7 Å². The van der Waals surface area contributed by atoms with E-state index in [0.29, 0.717) is 40.8 Å². The Labute approximate surface area is 283 Å². The van der Waals surface area contributed by atoms with Gasteiger partial charge in [0.25, 0.3) is 5.91 Å². The van der Waals surface area contributed by atoms with Crippen LogP contribution in [0.5, 0.6) is 23.0 Å². The Morgan fingerprint density at radius 3 is 2.11 bits per heavy atom. The summed E-state index contributed by atoms with van der Waals surface area (Å²) < 4.78 is 44.8. The molecule has 1 aliphatic heterocycles. The second-order valence-electron chi connectivity index (χ2n) is 8.18. The predicted octanol–water partition coefficient (Wildman–Crippen LogP) is 2.47. The molecule has 236 valence electrons. The molecule has 0 saturated carbocycles. The Hall–Kier alpha value is -2.86. The van der Waals surface area contributed by atoms with E-state index in [4.69, 9.17) is 28.4 Å². The van der Waals surface area contributed by atoms with Crippen molar-refractivity contribution in [2.45, 2.75) is 47.1 Å². The van der Waals surface area contributed by atoms with Gasteiger partial charge in [0.05, 0.1) is 36.2 Å². The number of aromatic nitrogens is 3. The second-order valence-corrected chi connectivity index (χ2v) is 8.69. The SMILES string of the molecule is CC.CC.COc1cc(Nc2ncc(F)c(Nc3ccc4c(n3)N(CP)C(=O)C(C)(C)O4)n2)cc(OC)c1OC.O=P[O-].[Na+]. The molecule has 0 bridgehead atoms. The first kappa shape index (κ1) is 41.1. The number of anilines is 5. The molecule has 4 rings (SSSR count). The number of nitrogens with zero attached hydrogens (tertiary/aromatic N) is 4. The zero-order valence-electron chi connectivity index (χ0n) is 26.6. The average molecular weight is 663 g/mol. The van der Waals surface area contributed by atoms with Gasteiger partial charge in [0.2, 0.25) is 11.7 Å². The molecule has 13 nitrogen and oxygen atoms in total. The number of hydrogen-bond donors (Lipinski definition) is 2. The number of carbonyl (C=O) groups is 1. The summed E-state index contributed by atoms with van der Waals surface area (Å²) in [7, 11) is 5.92. The molecule has 3 heterocycles. The van der Waals surface area contributed by atoms with E-state index >= 15 is 0 Å². The number of rotatable bonds is 8. The number of halogens is 1. The van der Waals surface area contributed by atoms with Gasteiger partial charge in [0, 0.05) is 24.1 Å². The van der Waals surface area contributed by atoms with Crippen molar-refractivity contribution in [2.75, 3.05) is 43.1 Å². The minimum absolute atomic E-state index is 0. The van der Waals surface area contributed by atoms with Gasteiger partial charge in [0.1, 0.15) is 5.82 Å². The molecule has 1 atom stereocenters. The van der Waals surface area contributed by atoms with E-state index in [1.807, 2.05) is 27.7 Å². The second kappa shape index (κ2) is 20.2. The van der Waals surface area contributed by atoms with E-state index in [1.54, 1.807) is 38.1 Å². The van der Waals surface area contributed by atoms with E-state index in [1.165, 1.54) is 26.2 Å². The number of nitrogens with one attached hydrogen (secondary N) is 2. The Morgan fingerprint density at radius 2 is 1.61 bits per heavy atom. The van der Waals surface area contributed by atoms with Gasteiger partial charge in [-0.15, -0.1) is 9.24 Å². The topological polar surface area (TPSA) is 160 Å². The van der Waals surface area contributed by atoms with Gasteiger partial charge in [0.15, 0.2) is 40.3 Å². The summed E-state index contributed by atoms with van der Waals surface area (Å²) in [5, 5.41) is 5.84. The number of carbonyl (C=O) groups excluding carboxylic acids is 1. The van der Waals surface area contributed by atoms with Crippen molar-refractivity contribution in [3.8, 4) is 23.0 Å². The number of benzene rings is 1. The molecule has 1 amide bonds. The largest absolute Gasteiger partial charge is 1.00 e. The number of pyridine rings is 1. The van der Waals surface area contributed by atoms with Gasteiger partial charge >= 0.3 is 29.6 Å². The summed E-state index contributed by atoms with van der Waals surface area (Å²) in [6.45, 7) is 11.4. The predicted molar refractivity (Wildman–Crippen MR) is 166 cm³/mol. The Morgan fingerprint density at radius 1 is 1.05 bits per heavy atom. The normalized spacial score (nSPS) is 12.2. The summed E-state index contributed by atoms with van der Waals surface area (Å²) >= 11 is 0. The van der Waals surface area contributed by atoms with Crippen LogP contribution in [-0.4, -0.2) is 54.1 Å². The van der Waals surface area contributed by atoms with Crippen LogP contribution in [0, 0.1) is 5.82 Å². The number of fused-ring (bicyclic) bond motifs is 1. The first-order valence-corrected chi connectivity index (χ1v) is 14.7. The first-order valence-electron chi connectivity index (χ1n) is 13.2. The summed E-state index contributed by atoms with van der Waals surface area (Å²) in [6, 6.07) is 6.62. The van der Waals surface area contributed by atoms with Crippen LogP contribution in [-0.2, 0) is 9.36 Å². The summed E-state index contributed by atoms with van der Waals surface area (Å²) in [4.78, 5) is 35.3. The molecular weight excluding hydrogens is 624 g/mol. The van der Waals surface area contributed by atoms with E-state index in [2.05, 4.69) is 34.8 Å². The third-order valence-corrected chi connectivity index (χ3v) is 5.68. The van der Waals surface area contributed by atoms with Crippen LogP contribution in [0.4, 0.5) is 33.5 Å². The molecule has 1 aliphatic rings. The van der Waals surface area contributed by atoms with Crippen molar-refractivity contribution < 1.29 is 67.1 Å². The van der Waals surface area contributed by atoms with E-state index in [-0.39, 0.29) is 53.0 Å². The maximum absolute atomic E-state index is 14.6. The first-order chi connectivity index (χ1) is 20.6. The average Bonchev–Trinajstić information content (AvgIpc) is 3.01. The van der Waals surface area contributed by atoms with Gasteiger partial charge in [-0.3, -0.25) is 14.3 Å². The van der Waals surface area contributed by atoms with Crippen LogP contribution < -0.4 is 68.9 Å². The number of ether oxygens (including phenoxy) is 4. The number of hydrogen-bond acceptors (Lipinski definition) is 12. The Balaban J connectivity index is 0.00000214. The molecule has 17 heteroatoms. The van der Waals surface area contributed by atoms with Crippen LogP contribution >= 0.6 is 17.9 Å². The maximum atomic E-state index is 14.6. The molecule has 2 aromatic heterocycles. The van der Waals surface area contributed by atoms with Crippen molar-refractivity contribution in [3.05, 3.63) is 36.3 Å². The summed E-state index contributed by atoms with van der Waals surface area (Å²) in [5.41, 5.74) is -0.491. The zero-order chi connectivity index (χ0) is 32.7. The fraction of sp³-hybridized carbons (Fsp3) is 0.407. The van der Waals surface area contributed by atoms with Crippen LogP contribution in [0.1, 0.15) is 41.5 Å². The van der Waals surface area contributed by atoms with Crippen molar-refractivity contribution in [1.29, 1.82) is 0 Å². The van der Waals surface area contributed by atoms with E-state index < -0.39 is 20.1 Å². The summed E-state index contributed by atoms with van der Waals surface area (Å²) in [5.74, 6) is 1.38. The molecule has 2 N–H and O–H groups in total. The van der Waals surface area contributed by atoms with Crippen LogP contribution in [0.15, 0.2) is 30.5 Å².